The normalized spacial score (nSPS) is 16.9. The van der Waals surface area contributed by atoms with Gasteiger partial charge < -0.3 is 10.1 Å². The van der Waals surface area contributed by atoms with Crippen molar-refractivity contribution in [2.45, 2.75) is 39.2 Å². The molecule has 0 bridgehead atoms. The van der Waals surface area contributed by atoms with Gasteiger partial charge in [0.25, 0.3) is 0 Å². The summed E-state index contributed by atoms with van der Waals surface area (Å²) in [6, 6.07) is 6.78. The van der Waals surface area contributed by atoms with Crippen LogP contribution in [0.25, 0.3) is 0 Å². The Morgan fingerprint density at radius 1 is 1.41 bits per heavy atom. The molecule has 0 heterocycles. The standard InChI is InChI=1S/C15H23NO/c1-11-4-7-15(14(10-11)12(2)16-3)17-9-8-13-5-6-13/h4,7,10,12-13,16H,5-6,8-9H2,1-3H3. The van der Waals surface area contributed by atoms with E-state index in [-0.39, 0.29) is 0 Å². The highest BCUT2D eigenvalue weighted by Gasteiger charge is 2.21. The highest BCUT2D eigenvalue weighted by molar-refractivity contribution is 5.38. The lowest BCUT2D eigenvalue weighted by Crippen LogP contribution is -2.14. The molecular formula is C15H23NO. The van der Waals surface area contributed by atoms with Gasteiger partial charge in [-0.15, -0.1) is 0 Å². The highest BCUT2D eigenvalue weighted by Crippen LogP contribution is 2.33. The fourth-order valence-corrected chi connectivity index (χ4v) is 2.04. The van der Waals surface area contributed by atoms with Crippen LogP contribution < -0.4 is 10.1 Å². The maximum absolute atomic E-state index is 5.93. The molecule has 2 heteroatoms. The Kier molecular flexibility index (Phi) is 4.06. The summed E-state index contributed by atoms with van der Waals surface area (Å²) in [5, 5.41) is 3.28. The van der Waals surface area contributed by atoms with E-state index in [1.807, 2.05) is 7.05 Å². The molecule has 94 valence electrons. The summed E-state index contributed by atoms with van der Waals surface area (Å²) < 4.78 is 5.93. The third-order valence-corrected chi connectivity index (χ3v) is 3.55. The van der Waals surface area contributed by atoms with Gasteiger partial charge in [-0.2, -0.15) is 0 Å². The van der Waals surface area contributed by atoms with Crippen LogP contribution >= 0.6 is 0 Å². The lowest BCUT2D eigenvalue weighted by atomic mass is 10.0. The molecule has 2 nitrogen and oxygen atoms in total. The zero-order valence-electron chi connectivity index (χ0n) is 11.1. The van der Waals surface area contributed by atoms with Gasteiger partial charge in [-0.05, 0) is 39.3 Å². The second-order valence-corrected chi connectivity index (χ2v) is 5.13. The number of hydrogen-bond donors (Lipinski definition) is 1. The number of nitrogens with one attached hydrogen (secondary N) is 1. The molecule has 1 saturated carbocycles. The lowest BCUT2D eigenvalue weighted by molar-refractivity contribution is 0.297. The molecule has 1 aromatic carbocycles. The first-order chi connectivity index (χ1) is 8.20. The van der Waals surface area contributed by atoms with Crippen LogP contribution in [0.1, 0.15) is 43.4 Å². The molecule has 0 spiro atoms. The first-order valence-corrected chi connectivity index (χ1v) is 6.61. The van der Waals surface area contributed by atoms with E-state index < -0.39 is 0 Å². The largest absolute Gasteiger partial charge is 0.493 e. The van der Waals surface area contributed by atoms with E-state index in [9.17, 15) is 0 Å². The smallest absolute Gasteiger partial charge is 0.124 e. The average molecular weight is 233 g/mol. The van der Waals surface area contributed by atoms with Gasteiger partial charge in [0.2, 0.25) is 0 Å². The molecule has 2 rings (SSSR count). The van der Waals surface area contributed by atoms with Crippen molar-refractivity contribution >= 4 is 0 Å². The minimum absolute atomic E-state index is 0.339. The Morgan fingerprint density at radius 3 is 2.82 bits per heavy atom. The Balaban J connectivity index is 2.02. The molecule has 1 aliphatic rings. The van der Waals surface area contributed by atoms with Crippen molar-refractivity contribution in [3.8, 4) is 5.75 Å². The van der Waals surface area contributed by atoms with Gasteiger partial charge in [0.15, 0.2) is 0 Å². The minimum Gasteiger partial charge on any atom is -0.493 e. The van der Waals surface area contributed by atoms with Crippen molar-refractivity contribution in [2.75, 3.05) is 13.7 Å². The molecule has 0 saturated heterocycles. The first kappa shape index (κ1) is 12.4. The van der Waals surface area contributed by atoms with Gasteiger partial charge in [-0.25, -0.2) is 0 Å². The summed E-state index contributed by atoms with van der Waals surface area (Å²) in [5.41, 5.74) is 2.56. The summed E-state index contributed by atoms with van der Waals surface area (Å²) in [6.45, 7) is 5.15. The second-order valence-electron chi connectivity index (χ2n) is 5.13. The zero-order chi connectivity index (χ0) is 12.3. The van der Waals surface area contributed by atoms with E-state index in [0.717, 1.165) is 18.3 Å². The SMILES string of the molecule is CNC(C)c1cc(C)ccc1OCCC1CC1. The van der Waals surface area contributed by atoms with Crippen LogP contribution in [0.15, 0.2) is 18.2 Å². The van der Waals surface area contributed by atoms with Crippen LogP contribution in [0.5, 0.6) is 5.75 Å². The quantitative estimate of drug-likeness (QED) is 0.812. The van der Waals surface area contributed by atoms with E-state index in [2.05, 4.69) is 37.4 Å². The Morgan fingerprint density at radius 2 is 2.18 bits per heavy atom. The molecule has 0 aliphatic heterocycles. The van der Waals surface area contributed by atoms with Crippen LogP contribution in [0, 0.1) is 12.8 Å². The number of benzene rings is 1. The van der Waals surface area contributed by atoms with Gasteiger partial charge in [-0.1, -0.05) is 30.5 Å². The van der Waals surface area contributed by atoms with Crippen molar-refractivity contribution in [3.05, 3.63) is 29.3 Å². The molecule has 0 aromatic heterocycles. The number of ether oxygens (including phenoxy) is 1. The van der Waals surface area contributed by atoms with E-state index in [0.29, 0.717) is 6.04 Å². The van der Waals surface area contributed by atoms with Crippen molar-refractivity contribution in [2.24, 2.45) is 5.92 Å². The fourth-order valence-electron chi connectivity index (χ4n) is 2.04. The van der Waals surface area contributed by atoms with Gasteiger partial charge in [0, 0.05) is 11.6 Å². The van der Waals surface area contributed by atoms with Crippen molar-refractivity contribution < 1.29 is 4.74 Å². The predicted molar refractivity (Wildman–Crippen MR) is 71.5 cm³/mol. The van der Waals surface area contributed by atoms with Crippen LogP contribution in [0.4, 0.5) is 0 Å². The number of hydrogen-bond acceptors (Lipinski definition) is 2. The first-order valence-electron chi connectivity index (χ1n) is 6.61. The summed E-state index contributed by atoms with van der Waals surface area (Å²) in [7, 11) is 1.99. The summed E-state index contributed by atoms with van der Waals surface area (Å²) in [5.74, 6) is 1.98. The number of rotatable bonds is 6. The maximum Gasteiger partial charge on any atom is 0.124 e. The van der Waals surface area contributed by atoms with E-state index >= 15 is 0 Å². The van der Waals surface area contributed by atoms with Gasteiger partial charge in [-0.3, -0.25) is 0 Å². The Hall–Kier alpha value is -1.02. The van der Waals surface area contributed by atoms with Gasteiger partial charge in [0.1, 0.15) is 5.75 Å². The van der Waals surface area contributed by atoms with E-state index in [1.54, 1.807) is 0 Å². The molecule has 17 heavy (non-hydrogen) atoms. The van der Waals surface area contributed by atoms with E-state index in [1.165, 1.54) is 30.4 Å². The van der Waals surface area contributed by atoms with Crippen LogP contribution in [0.2, 0.25) is 0 Å². The topological polar surface area (TPSA) is 21.3 Å². The third-order valence-electron chi connectivity index (χ3n) is 3.55. The molecule has 1 fully saturated rings. The van der Waals surface area contributed by atoms with Gasteiger partial charge >= 0.3 is 0 Å². The molecule has 1 aromatic rings. The molecular weight excluding hydrogens is 210 g/mol. The molecule has 0 amide bonds. The molecule has 1 unspecified atom stereocenters. The third kappa shape index (κ3) is 3.47. The summed E-state index contributed by atoms with van der Waals surface area (Å²) in [4.78, 5) is 0. The van der Waals surface area contributed by atoms with Crippen molar-refractivity contribution in [3.63, 3.8) is 0 Å². The van der Waals surface area contributed by atoms with Crippen molar-refractivity contribution in [1.29, 1.82) is 0 Å². The van der Waals surface area contributed by atoms with Crippen LogP contribution in [-0.2, 0) is 0 Å². The Bertz CT molecular complexity index is 371. The second kappa shape index (κ2) is 5.54. The maximum atomic E-state index is 5.93. The van der Waals surface area contributed by atoms with Crippen LogP contribution in [0.3, 0.4) is 0 Å². The summed E-state index contributed by atoms with van der Waals surface area (Å²) >= 11 is 0. The molecule has 1 N–H and O–H groups in total. The molecule has 1 atom stereocenters. The van der Waals surface area contributed by atoms with E-state index in [4.69, 9.17) is 4.74 Å². The molecule has 0 radical (unpaired) electrons. The van der Waals surface area contributed by atoms with Crippen LogP contribution in [-0.4, -0.2) is 13.7 Å². The average Bonchev–Trinajstić information content (AvgIpc) is 3.14. The molecule has 1 aliphatic carbocycles. The fraction of sp³-hybridized carbons (Fsp3) is 0.600. The van der Waals surface area contributed by atoms with Crippen molar-refractivity contribution in [1.82, 2.24) is 5.32 Å². The monoisotopic (exact) mass is 233 g/mol. The predicted octanol–water partition coefficient (Wildman–Crippen LogP) is 3.45. The lowest BCUT2D eigenvalue weighted by Gasteiger charge is -2.17. The highest BCUT2D eigenvalue weighted by atomic mass is 16.5. The number of aryl methyl sites for hydroxylation is 1. The van der Waals surface area contributed by atoms with Gasteiger partial charge in [0.05, 0.1) is 6.61 Å². The summed E-state index contributed by atoms with van der Waals surface area (Å²) in [6.07, 6.45) is 4.01. The zero-order valence-corrected chi connectivity index (χ0v) is 11.1. The Labute approximate surface area is 104 Å². The minimum atomic E-state index is 0.339.